The third-order valence-corrected chi connectivity index (χ3v) is 3.10. The van der Waals surface area contributed by atoms with E-state index in [1.165, 1.54) is 7.11 Å². The minimum atomic E-state index is -0.289. The number of rotatable bonds is 2. The molecule has 0 unspecified atom stereocenters. The normalized spacial score (nSPS) is 10.0. The third-order valence-electron chi connectivity index (χ3n) is 1.89. The second-order valence-electron chi connectivity index (χ2n) is 2.95. The molecule has 0 spiro atoms. The van der Waals surface area contributed by atoms with Gasteiger partial charge in [-0.2, -0.15) is 0 Å². The fourth-order valence-electron chi connectivity index (χ4n) is 1.05. The molecule has 0 amide bonds. The Morgan fingerprint density at radius 3 is 2.79 bits per heavy atom. The number of hydrogen-bond acceptors (Lipinski definition) is 2. The van der Waals surface area contributed by atoms with Gasteiger partial charge in [0.1, 0.15) is 0 Å². The quantitative estimate of drug-likeness (QED) is 0.776. The topological polar surface area (TPSA) is 26.3 Å². The lowest BCUT2D eigenvalue weighted by atomic mass is 10.1. The van der Waals surface area contributed by atoms with Crippen molar-refractivity contribution < 1.29 is 9.53 Å². The van der Waals surface area contributed by atoms with Crippen LogP contribution >= 0.6 is 27.5 Å². The molecular weight excluding hydrogens is 267 g/mol. The molecule has 0 saturated heterocycles. The number of esters is 1. The van der Waals surface area contributed by atoms with Crippen LogP contribution in [0, 0.1) is 6.92 Å². The lowest BCUT2D eigenvalue weighted by molar-refractivity contribution is -0.139. The Bertz CT molecular complexity index is 363. The number of aryl methyl sites for hydroxylation is 1. The molecule has 0 aliphatic heterocycles. The van der Waals surface area contributed by atoms with E-state index in [4.69, 9.17) is 11.6 Å². The van der Waals surface area contributed by atoms with Crippen LogP contribution in [0.2, 0.25) is 5.02 Å². The maximum absolute atomic E-state index is 11.0. The predicted molar refractivity (Wildman–Crippen MR) is 59.6 cm³/mol. The van der Waals surface area contributed by atoms with Crippen LogP contribution in [-0.4, -0.2) is 13.1 Å². The van der Waals surface area contributed by atoms with Crippen molar-refractivity contribution in [2.24, 2.45) is 0 Å². The summed E-state index contributed by atoms with van der Waals surface area (Å²) in [6, 6.07) is 3.67. The van der Waals surface area contributed by atoms with Gasteiger partial charge in [0.05, 0.1) is 13.5 Å². The van der Waals surface area contributed by atoms with Crippen LogP contribution in [0.1, 0.15) is 11.1 Å². The fraction of sp³-hybridized carbons (Fsp3) is 0.300. The van der Waals surface area contributed by atoms with Gasteiger partial charge in [-0.15, -0.1) is 0 Å². The molecule has 2 nitrogen and oxygen atoms in total. The molecule has 0 aliphatic rings. The Balaban J connectivity index is 2.98. The first-order valence-corrected chi connectivity index (χ1v) is 5.23. The van der Waals surface area contributed by atoms with Crippen LogP contribution in [0.3, 0.4) is 0 Å². The van der Waals surface area contributed by atoms with Crippen molar-refractivity contribution in [3.8, 4) is 0 Å². The molecule has 0 atom stereocenters. The van der Waals surface area contributed by atoms with E-state index < -0.39 is 0 Å². The largest absolute Gasteiger partial charge is 0.469 e. The molecule has 0 bridgehead atoms. The van der Waals surface area contributed by atoms with Gasteiger partial charge in [0, 0.05) is 9.50 Å². The number of carbonyl (C=O) groups excluding carboxylic acids is 1. The zero-order chi connectivity index (χ0) is 10.7. The zero-order valence-electron chi connectivity index (χ0n) is 7.93. The van der Waals surface area contributed by atoms with Crippen LogP contribution in [0.15, 0.2) is 16.6 Å². The Morgan fingerprint density at radius 2 is 2.21 bits per heavy atom. The number of hydrogen-bond donors (Lipinski definition) is 0. The van der Waals surface area contributed by atoms with E-state index in [1.807, 2.05) is 19.1 Å². The highest BCUT2D eigenvalue weighted by Crippen LogP contribution is 2.25. The summed E-state index contributed by atoms with van der Waals surface area (Å²) in [4.78, 5) is 11.0. The third kappa shape index (κ3) is 2.72. The van der Waals surface area contributed by atoms with Crippen molar-refractivity contribution in [3.63, 3.8) is 0 Å². The lowest BCUT2D eigenvalue weighted by Crippen LogP contribution is -2.05. The molecule has 76 valence electrons. The molecule has 0 N–H and O–H groups in total. The maximum atomic E-state index is 11.0. The monoisotopic (exact) mass is 276 g/mol. The van der Waals surface area contributed by atoms with Crippen LogP contribution < -0.4 is 0 Å². The van der Waals surface area contributed by atoms with Crippen LogP contribution in [0.5, 0.6) is 0 Å². The summed E-state index contributed by atoms with van der Waals surface area (Å²) in [6.07, 6.45) is 0.203. The fourth-order valence-corrected chi connectivity index (χ4v) is 1.73. The van der Waals surface area contributed by atoms with Crippen molar-refractivity contribution in [1.82, 2.24) is 0 Å². The molecule has 1 aromatic carbocycles. The van der Waals surface area contributed by atoms with Gasteiger partial charge in [0.2, 0.25) is 0 Å². The lowest BCUT2D eigenvalue weighted by Gasteiger charge is -2.06. The molecule has 0 aromatic heterocycles. The van der Waals surface area contributed by atoms with E-state index in [0.29, 0.717) is 5.02 Å². The summed E-state index contributed by atoms with van der Waals surface area (Å²) < 4.78 is 5.51. The second-order valence-corrected chi connectivity index (χ2v) is 4.21. The summed E-state index contributed by atoms with van der Waals surface area (Å²) in [5, 5.41) is 0.594. The molecule has 0 aliphatic carbocycles. The first-order chi connectivity index (χ1) is 6.54. The highest BCUT2D eigenvalue weighted by Gasteiger charge is 2.08. The zero-order valence-corrected chi connectivity index (χ0v) is 10.3. The predicted octanol–water partition coefficient (Wildman–Crippen LogP) is 3.13. The SMILES string of the molecule is COC(=O)Cc1cc(Br)c(C)cc1Cl. The molecule has 0 fully saturated rings. The number of methoxy groups -OCH3 is 1. The Labute approximate surface area is 96.3 Å². The molecule has 14 heavy (non-hydrogen) atoms. The van der Waals surface area contributed by atoms with E-state index in [0.717, 1.165) is 15.6 Å². The number of halogens is 2. The van der Waals surface area contributed by atoms with Gasteiger partial charge in [0.25, 0.3) is 0 Å². The number of benzene rings is 1. The highest BCUT2D eigenvalue weighted by molar-refractivity contribution is 9.10. The van der Waals surface area contributed by atoms with Crippen molar-refractivity contribution in [2.75, 3.05) is 7.11 Å². The van der Waals surface area contributed by atoms with Crippen LogP contribution in [0.4, 0.5) is 0 Å². The maximum Gasteiger partial charge on any atom is 0.310 e. The highest BCUT2D eigenvalue weighted by atomic mass is 79.9. The second kappa shape index (κ2) is 4.80. The minimum absolute atomic E-state index is 0.203. The van der Waals surface area contributed by atoms with Gasteiger partial charge >= 0.3 is 5.97 Å². The van der Waals surface area contributed by atoms with Gasteiger partial charge in [-0.3, -0.25) is 4.79 Å². The van der Waals surface area contributed by atoms with Gasteiger partial charge < -0.3 is 4.74 Å². The van der Waals surface area contributed by atoms with Crippen LogP contribution in [-0.2, 0) is 16.0 Å². The van der Waals surface area contributed by atoms with Crippen molar-refractivity contribution in [3.05, 3.63) is 32.8 Å². The summed E-state index contributed by atoms with van der Waals surface area (Å²) in [5.74, 6) is -0.289. The summed E-state index contributed by atoms with van der Waals surface area (Å²) in [7, 11) is 1.36. The van der Waals surface area contributed by atoms with Crippen LogP contribution in [0.25, 0.3) is 0 Å². The average Bonchev–Trinajstić information content (AvgIpc) is 2.14. The van der Waals surface area contributed by atoms with Gasteiger partial charge in [-0.1, -0.05) is 27.5 Å². The summed E-state index contributed by atoms with van der Waals surface area (Å²) >= 11 is 9.36. The smallest absolute Gasteiger partial charge is 0.310 e. The van der Waals surface area contributed by atoms with E-state index in [9.17, 15) is 4.79 Å². The van der Waals surface area contributed by atoms with Gasteiger partial charge in [0.15, 0.2) is 0 Å². The van der Waals surface area contributed by atoms with Crippen molar-refractivity contribution in [1.29, 1.82) is 0 Å². The average molecular weight is 278 g/mol. The van der Waals surface area contributed by atoms with Gasteiger partial charge in [-0.05, 0) is 30.2 Å². The van der Waals surface area contributed by atoms with Crippen molar-refractivity contribution in [2.45, 2.75) is 13.3 Å². The molecule has 0 saturated carbocycles. The number of carbonyl (C=O) groups is 1. The Hall–Kier alpha value is -0.540. The molecule has 0 radical (unpaired) electrons. The van der Waals surface area contributed by atoms with Gasteiger partial charge in [-0.25, -0.2) is 0 Å². The van der Waals surface area contributed by atoms with E-state index in [-0.39, 0.29) is 12.4 Å². The standard InChI is InChI=1S/C10H10BrClO2/c1-6-3-9(12)7(4-8(6)11)5-10(13)14-2/h3-4H,5H2,1-2H3. The van der Waals surface area contributed by atoms with E-state index in [2.05, 4.69) is 20.7 Å². The molecule has 1 rings (SSSR count). The first kappa shape index (κ1) is 11.5. The summed E-state index contributed by atoms with van der Waals surface area (Å²) in [5.41, 5.74) is 1.82. The van der Waals surface area contributed by atoms with Crippen molar-refractivity contribution >= 4 is 33.5 Å². The minimum Gasteiger partial charge on any atom is -0.469 e. The van der Waals surface area contributed by atoms with E-state index in [1.54, 1.807) is 0 Å². The first-order valence-electron chi connectivity index (χ1n) is 4.06. The molecule has 1 aromatic rings. The molecule has 0 heterocycles. The summed E-state index contributed by atoms with van der Waals surface area (Å²) in [6.45, 7) is 1.94. The Morgan fingerprint density at radius 1 is 1.57 bits per heavy atom. The Kier molecular flexibility index (Phi) is 3.96. The number of ether oxygens (including phenoxy) is 1. The van der Waals surface area contributed by atoms with E-state index >= 15 is 0 Å². The molecular formula is C10H10BrClO2. The molecule has 4 heteroatoms.